The Morgan fingerprint density at radius 3 is 1.42 bits per heavy atom. The van der Waals surface area contributed by atoms with E-state index in [1.165, 1.54) is 6.42 Å². The zero-order chi connectivity index (χ0) is 9.61. The van der Waals surface area contributed by atoms with Crippen LogP contribution >= 0.6 is 0 Å². The van der Waals surface area contributed by atoms with Crippen molar-refractivity contribution >= 4 is 7.25 Å². The Labute approximate surface area is 67.6 Å². The molecule has 7 heteroatoms. The molecular formula is C5H10BF4NO. The third-order valence-electron chi connectivity index (χ3n) is 1.32. The van der Waals surface area contributed by atoms with Crippen LogP contribution in [-0.2, 0) is 0 Å². The molecule has 0 spiro atoms. The molecule has 12 heavy (non-hydrogen) atoms. The molecule has 1 fully saturated rings. The third-order valence-corrected chi connectivity index (χ3v) is 1.32. The lowest BCUT2D eigenvalue weighted by molar-refractivity contribution is -0.557. The van der Waals surface area contributed by atoms with E-state index in [0.29, 0.717) is 0 Å². The maximum atomic E-state index is 10.4. The molecule has 1 saturated heterocycles. The van der Waals surface area contributed by atoms with E-state index in [0.717, 1.165) is 30.7 Å². The van der Waals surface area contributed by atoms with E-state index in [4.69, 9.17) is 0 Å². The fraction of sp³-hybridized carbons (Fsp3) is 1.00. The lowest BCUT2D eigenvalue weighted by Gasteiger charge is -1.99. The van der Waals surface area contributed by atoms with E-state index in [2.05, 4.69) is 0 Å². The van der Waals surface area contributed by atoms with Crippen LogP contribution in [0.4, 0.5) is 17.3 Å². The van der Waals surface area contributed by atoms with Crippen molar-refractivity contribution in [3.05, 3.63) is 4.91 Å². The number of nitroso groups, excluding NO2 is 1. The van der Waals surface area contributed by atoms with E-state index < -0.39 is 7.25 Å². The van der Waals surface area contributed by atoms with Gasteiger partial charge in [0.1, 0.15) is 0 Å². The van der Waals surface area contributed by atoms with Crippen molar-refractivity contribution in [2.24, 2.45) is 0 Å². The molecule has 0 aliphatic carbocycles. The molecule has 0 saturated carbocycles. The maximum Gasteiger partial charge on any atom is 0.673 e. The highest BCUT2D eigenvalue weighted by Crippen LogP contribution is 2.06. The summed E-state index contributed by atoms with van der Waals surface area (Å²) in [6.07, 6.45) is 3.45. The number of piperidine rings is 1. The minimum absolute atomic E-state index is 0.764. The molecule has 0 aromatic heterocycles. The second kappa shape index (κ2) is 5.11. The molecule has 1 aliphatic rings. The van der Waals surface area contributed by atoms with Gasteiger partial charge in [-0.15, -0.1) is 0 Å². The highest BCUT2D eigenvalue weighted by atomic mass is 19.5. The average Bonchev–Trinajstić information content (AvgIpc) is 1.85. The van der Waals surface area contributed by atoms with Gasteiger partial charge in [0.05, 0.1) is 0 Å². The molecule has 0 N–H and O–H groups in total. The summed E-state index contributed by atoms with van der Waals surface area (Å²) in [6.45, 7) is 1.53. The Hall–Kier alpha value is -0.615. The summed E-state index contributed by atoms with van der Waals surface area (Å²) in [7, 11) is -6.00. The van der Waals surface area contributed by atoms with Crippen molar-refractivity contribution < 1.29 is 22.0 Å². The first-order valence-corrected chi connectivity index (χ1v) is 3.69. The fourth-order valence-electron chi connectivity index (χ4n) is 0.865. The van der Waals surface area contributed by atoms with Gasteiger partial charge in [-0.1, -0.05) is 0 Å². The van der Waals surface area contributed by atoms with Crippen LogP contribution in [0.25, 0.3) is 0 Å². The molecule has 0 amide bonds. The SMILES string of the molecule is F[B-](F)(F)F.O=[N+]1CCCCC1. The summed E-state index contributed by atoms with van der Waals surface area (Å²) in [6, 6.07) is 0. The van der Waals surface area contributed by atoms with Crippen LogP contribution in [0.1, 0.15) is 19.3 Å². The molecule has 72 valence electrons. The van der Waals surface area contributed by atoms with Crippen LogP contribution in [0, 0.1) is 4.91 Å². The van der Waals surface area contributed by atoms with Gasteiger partial charge >= 0.3 is 7.25 Å². The predicted molar refractivity (Wildman–Crippen MR) is 37.4 cm³/mol. The van der Waals surface area contributed by atoms with Crippen LogP contribution in [0.5, 0.6) is 0 Å². The van der Waals surface area contributed by atoms with Gasteiger partial charge in [-0.25, -0.2) is 0 Å². The first-order valence-electron chi connectivity index (χ1n) is 3.69. The number of nitrogens with zero attached hydrogens (tertiary/aromatic N) is 1. The molecule has 0 bridgehead atoms. The normalized spacial score (nSPS) is 18.2. The highest BCUT2D eigenvalue weighted by Gasteiger charge is 2.20. The highest BCUT2D eigenvalue weighted by molar-refractivity contribution is 6.50. The number of halogens is 4. The largest absolute Gasteiger partial charge is 0.673 e. The second-order valence-electron chi connectivity index (χ2n) is 2.48. The van der Waals surface area contributed by atoms with Crippen molar-refractivity contribution in [3.63, 3.8) is 0 Å². The Kier molecular flexibility index (Phi) is 4.84. The van der Waals surface area contributed by atoms with Crippen molar-refractivity contribution in [3.8, 4) is 0 Å². The van der Waals surface area contributed by atoms with E-state index in [1.54, 1.807) is 0 Å². The molecule has 1 aliphatic heterocycles. The monoisotopic (exact) mass is 187 g/mol. The van der Waals surface area contributed by atoms with Gasteiger partial charge in [0, 0.05) is 17.7 Å². The van der Waals surface area contributed by atoms with Gasteiger partial charge in [0.2, 0.25) is 0 Å². The smallest absolute Gasteiger partial charge is 0.418 e. The topological polar surface area (TPSA) is 20.1 Å². The summed E-state index contributed by atoms with van der Waals surface area (Å²) in [5.41, 5.74) is 0. The quantitative estimate of drug-likeness (QED) is 0.323. The Morgan fingerprint density at radius 2 is 1.25 bits per heavy atom. The van der Waals surface area contributed by atoms with Crippen LogP contribution in [0.3, 0.4) is 0 Å². The molecule has 1 heterocycles. The number of rotatable bonds is 0. The van der Waals surface area contributed by atoms with Gasteiger partial charge < -0.3 is 17.3 Å². The van der Waals surface area contributed by atoms with Crippen molar-refractivity contribution in [1.29, 1.82) is 0 Å². The van der Waals surface area contributed by atoms with Crippen molar-refractivity contribution in [1.82, 2.24) is 0 Å². The van der Waals surface area contributed by atoms with Crippen LogP contribution < -0.4 is 0 Å². The number of hydrogen-bond donors (Lipinski definition) is 0. The lowest BCUT2D eigenvalue weighted by Crippen LogP contribution is -2.16. The summed E-state index contributed by atoms with van der Waals surface area (Å²) in [4.78, 5) is 10.4. The van der Waals surface area contributed by atoms with Gasteiger partial charge in [0.25, 0.3) is 0 Å². The molecule has 2 nitrogen and oxygen atoms in total. The van der Waals surface area contributed by atoms with Crippen LogP contribution in [-0.4, -0.2) is 25.1 Å². The molecule has 0 radical (unpaired) electrons. The number of hydrogen-bond acceptors (Lipinski definition) is 1. The molecular weight excluding hydrogens is 177 g/mol. The van der Waals surface area contributed by atoms with E-state index in [9.17, 15) is 22.2 Å². The maximum absolute atomic E-state index is 10.4. The minimum Gasteiger partial charge on any atom is -0.418 e. The lowest BCUT2D eigenvalue weighted by atomic mass is 10.2. The standard InChI is InChI=1S/C5H10NO.BF4/c7-6-4-2-1-3-5-6;2-1(3,4)5/h1-5H2;/q+1;-1. The van der Waals surface area contributed by atoms with E-state index in [-0.39, 0.29) is 0 Å². The Bertz CT molecular complexity index is 135. The second-order valence-corrected chi connectivity index (χ2v) is 2.48. The van der Waals surface area contributed by atoms with E-state index >= 15 is 0 Å². The molecule has 0 unspecified atom stereocenters. The zero-order valence-corrected chi connectivity index (χ0v) is 6.48. The summed E-state index contributed by atoms with van der Waals surface area (Å²) >= 11 is 0. The zero-order valence-electron chi connectivity index (χ0n) is 6.48. The molecule has 0 aromatic carbocycles. The van der Waals surface area contributed by atoms with Gasteiger partial charge in [-0.2, -0.15) is 0 Å². The Balaban J connectivity index is 0.000000217. The first kappa shape index (κ1) is 11.4. The van der Waals surface area contributed by atoms with Crippen molar-refractivity contribution in [2.45, 2.75) is 19.3 Å². The van der Waals surface area contributed by atoms with Gasteiger partial charge in [-0.05, 0) is 11.2 Å². The van der Waals surface area contributed by atoms with Gasteiger partial charge in [0.15, 0.2) is 13.1 Å². The average molecular weight is 187 g/mol. The fourth-order valence-corrected chi connectivity index (χ4v) is 0.865. The van der Waals surface area contributed by atoms with Crippen LogP contribution in [0.2, 0.25) is 0 Å². The summed E-state index contributed by atoms with van der Waals surface area (Å²) in [5, 5.41) is 0. The van der Waals surface area contributed by atoms with Crippen molar-refractivity contribution in [2.75, 3.05) is 13.1 Å². The summed E-state index contributed by atoms with van der Waals surface area (Å²) in [5.74, 6) is 0. The first-order chi connectivity index (χ1) is 5.39. The molecule has 1 rings (SSSR count). The Morgan fingerprint density at radius 1 is 0.917 bits per heavy atom. The predicted octanol–water partition coefficient (Wildman–Crippen LogP) is 2.25. The summed E-state index contributed by atoms with van der Waals surface area (Å²) < 4.78 is 40.1. The third kappa shape index (κ3) is 12.1. The molecule has 0 atom stereocenters. The van der Waals surface area contributed by atoms with Crippen LogP contribution in [0.15, 0.2) is 0 Å². The molecule has 0 aromatic rings. The minimum atomic E-state index is -6.00. The van der Waals surface area contributed by atoms with E-state index in [1.807, 2.05) is 0 Å². The van der Waals surface area contributed by atoms with Gasteiger partial charge in [-0.3, -0.25) is 0 Å².